The van der Waals surface area contributed by atoms with E-state index in [-0.39, 0.29) is 22.8 Å². The van der Waals surface area contributed by atoms with Crippen molar-refractivity contribution in [1.82, 2.24) is 28.9 Å². The van der Waals surface area contributed by atoms with Gasteiger partial charge < -0.3 is 4.57 Å². The molecule has 0 saturated carbocycles. The van der Waals surface area contributed by atoms with Crippen LogP contribution in [0.2, 0.25) is 0 Å². The summed E-state index contributed by atoms with van der Waals surface area (Å²) in [4.78, 5) is 17.8. The van der Waals surface area contributed by atoms with E-state index < -0.39 is 0 Å². The number of imidazole rings is 1. The monoisotopic (exact) mass is 368 g/mol. The Hall–Kier alpha value is -3.03. The summed E-state index contributed by atoms with van der Waals surface area (Å²) >= 11 is 0. The summed E-state index contributed by atoms with van der Waals surface area (Å²) in [5.41, 5.74) is 2.00. The zero-order valence-electron chi connectivity index (χ0n) is 15.9. The van der Waals surface area contributed by atoms with Crippen molar-refractivity contribution in [2.24, 2.45) is 0 Å². The molecule has 0 spiro atoms. The van der Waals surface area contributed by atoms with Gasteiger partial charge in [0, 0.05) is 11.5 Å². The van der Waals surface area contributed by atoms with E-state index in [0.717, 1.165) is 5.69 Å². The summed E-state index contributed by atoms with van der Waals surface area (Å²) in [5.74, 6) is 0.0327. The first-order valence-corrected chi connectivity index (χ1v) is 8.82. The molecule has 140 valence electrons. The van der Waals surface area contributed by atoms with Crippen LogP contribution in [0.4, 0.5) is 4.39 Å². The van der Waals surface area contributed by atoms with Crippen LogP contribution in [0.25, 0.3) is 22.4 Å². The van der Waals surface area contributed by atoms with Crippen LogP contribution in [0.15, 0.2) is 35.5 Å². The standard InChI is InChI=1S/C19H21FN6O/c1-11(2)25-14-8-12(20)6-7-13(14)24-10-21-17(16(24)18(25)27)26-15(9-22-23-26)19(3,4)5/h6-11H,1-5H3. The van der Waals surface area contributed by atoms with E-state index in [9.17, 15) is 9.18 Å². The zero-order valence-corrected chi connectivity index (χ0v) is 15.9. The Morgan fingerprint density at radius 3 is 2.56 bits per heavy atom. The summed E-state index contributed by atoms with van der Waals surface area (Å²) in [6, 6.07) is 4.28. The minimum absolute atomic E-state index is 0.146. The molecule has 0 aliphatic rings. The van der Waals surface area contributed by atoms with Gasteiger partial charge in [-0.2, -0.15) is 4.68 Å². The minimum Gasteiger partial charge on any atom is -0.302 e. The topological polar surface area (TPSA) is 70.0 Å². The number of rotatable bonds is 2. The summed E-state index contributed by atoms with van der Waals surface area (Å²) in [5, 5.41) is 8.19. The largest absolute Gasteiger partial charge is 0.302 e. The first kappa shape index (κ1) is 17.4. The summed E-state index contributed by atoms with van der Waals surface area (Å²) in [7, 11) is 0. The lowest BCUT2D eigenvalue weighted by Gasteiger charge is -2.19. The lowest BCUT2D eigenvalue weighted by Crippen LogP contribution is -2.26. The molecule has 3 heterocycles. The number of benzene rings is 1. The van der Waals surface area contributed by atoms with E-state index in [1.54, 1.807) is 32.2 Å². The molecule has 3 aromatic heterocycles. The van der Waals surface area contributed by atoms with E-state index >= 15 is 0 Å². The van der Waals surface area contributed by atoms with Crippen LogP contribution in [0, 0.1) is 5.82 Å². The van der Waals surface area contributed by atoms with Gasteiger partial charge in [0.05, 0.1) is 22.9 Å². The van der Waals surface area contributed by atoms with Gasteiger partial charge in [-0.1, -0.05) is 26.0 Å². The van der Waals surface area contributed by atoms with E-state index in [2.05, 4.69) is 15.3 Å². The number of hydrogen-bond donors (Lipinski definition) is 0. The molecule has 0 unspecified atom stereocenters. The molecule has 0 saturated heterocycles. The van der Waals surface area contributed by atoms with Crippen LogP contribution >= 0.6 is 0 Å². The molecule has 7 nitrogen and oxygen atoms in total. The number of halogens is 1. The molecule has 0 aliphatic carbocycles. The van der Waals surface area contributed by atoms with Crippen LogP contribution < -0.4 is 5.56 Å². The minimum atomic E-state index is -0.387. The van der Waals surface area contributed by atoms with Gasteiger partial charge in [0.25, 0.3) is 5.56 Å². The van der Waals surface area contributed by atoms with Gasteiger partial charge in [-0.25, -0.2) is 9.37 Å². The van der Waals surface area contributed by atoms with Crippen molar-refractivity contribution in [1.29, 1.82) is 0 Å². The highest BCUT2D eigenvalue weighted by atomic mass is 19.1. The van der Waals surface area contributed by atoms with Gasteiger partial charge in [-0.3, -0.25) is 9.20 Å². The maximum Gasteiger partial charge on any atom is 0.279 e. The van der Waals surface area contributed by atoms with Crippen LogP contribution in [0.5, 0.6) is 0 Å². The first-order valence-electron chi connectivity index (χ1n) is 8.82. The highest BCUT2D eigenvalue weighted by Gasteiger charge is 2.25. The maximum absolute atomic E-state index is 13.9. The first-order chi connectivity index (χ1) is 12.7. The Morgan fingerprint density at radius 2 is 1.89 bits per heavy atom. The zero-order chi connectivity index (χ0) is 19.5. The molecular weight excluding hydrogens is 347 g/mol. The maximum atomic E-state index is 13.9. The van der Waals surface area contributed by atoms with Gasteiger partial charge >= 0.3 is 0 Å². The molecule has 4 rings (SSSR count). The predicted octanol–water partition coefficient (Wildman–Crippen LogP) is 3.25. The quantitative estimate of drug-likeness (QED) is 0.545. The Labute approximate surface area is 155 Å². The number of hydrogen-bond acceptors (Lipinski definition) is 4. The molecule has 27 heavy (non-hydrogen) atoms. The second-order valence-corrected chi connectivity index (χ2v) is 7.97. The van der Waals surface area contributed by atoms with Crippen LogP contribution in [0.3, 0.4) is 0 Å². The van der Waals surface area contributed by atoms with Crippen molar-refractivity contribution < 1.29 is 4.39 Å². The molecule has 4 aromatic rings. The van der Waals surface area contributed by atoms with Gasteiger partial charge in [-0.05, 0) is 32.0 Å². The van der Waals surface area contributed by atoms with E-state index in [1.807, 2.05) is 34.6 Å². The molecule has 0 aliphatic heterocycles. The molecule has 0 radical (unpaired) electrons. The highest BCUT2D eigenvalue weighted by molar-refractivity contribution is 5.81. The third-order valence-electron chi connectivity index (χ3n) is 4.66. The van der Waals surface area contributed by atoms with Crippen LogP contribution in [-0.2, 0) is 5.41 Å². The third kappa shape index (κ3) is 2.55. The van der Waals surface area contributed by atoms with Crippen molar-refractivity contribution >= 4 is 16.6 Å². The Balaban J connectivity index is 2.16. The Morgan fingerprint density at radius 1 is 1.15 bits per heavy atom. The SMILES string of the molecule is CC(C)n1c(=O)c2c(-n3nncc3C(C)(C)C)ncn2c2ccc(F)cc21. The van der Waals surface area contributed by atoms with Gasteiger partial charge in [0.15, 0.2) is 11.3 Å². The second kappa shape index (κ2) is 5.73. The third-order valence-corrected chi connectivity index (χ3v) is 4.66. The van der Waals surface area contributed by atoms with Crippen LogP contribution in [-0.4, -0.2) is 28.9 Å². The molecular formula is C19H21FN6O. The fraction of sp³-hybridized carbons (Fsp3) is 0.368. The van der Waals surface area contributed by atoms with Crippen molar-refractivity contribution in [2.45, 2.75) is 46.1 Å². The highest BCUT2D eigenvalue weighted by Crippen LogP contribution is 2.26. The lowest BCUT2D eigenvalue weighted by molar-refractivity contribution is 0.540. The summed E-state index contributed by atoms with van der Waals surface area (Å²) in [6.45, 7) is 9.93. The summed E-state index contributed by atoms with van der Waals surface area (Å²) in [6.07, 6.45) is 3.26. The Kier molecular flexibility index (Phi) is 3.69. The normalized spacial score (nSPS) is 12.6. The second-order valence-electron chi connectivity index (χ2n) is 7.97. The smallest absolute Gasteiger partial charge is 0.279 e. The van der Waals surface area contributed by atoms with Gasteiger partial charge in [0.2, 0.25) is 0 Å². The molecule has 0 atom stereocenters. The van der Waals surface area contributed by atoms with Crippen molar-refractivity contribution in [3.63, 3.8) is 0 Å². The molecule has 0 bridgehead atoms. The lowest BCUT2D eigenvalue weighted by atomic mass is 9.93. The van der Waals surface area contributed by atoms with E-state index in [0.29, 0.717) is 22.4 Å². The van der Waals surface area contributed by atoms with E-state index in [1.165, 1.54) is 12.1 Å². The van der Waals surface area contributed by atoms with Gasteiger partial charge in [0.1, 0.15) is 12.1 Å². The molecule has 8 heteroatoms. The predicted molar refractivity (Wildman–Crippen MR) is 101 cm³/mol. The molecule has 0 fully saturated rings. The summed E-state index contributed by atoms with van der Waals surface area (Å²) < 4.78 is 18.8. The Bertz CT molecular complexity index is 1220. The molecule has 0 amide bonds. The van der Waals surface area contributed by atoms with Crippen LogP contribution in [0.1, 0.15) is 46.4 Å². The number of aromatic nitrogens is 6. The molecule has 0 N–H and O–H groups in total. The fourth-order valence-electron chi connectivity index (χ4n) is 3.41. The molecule has 1 aromatic carbocycles. The average molecular weight is 368 g/mol. The fourth-order valence-corrected chi connectivity index (χ4v) is 3.41. The number of fused-ring (bicyclic) bond motifs is 3. The van der Waals surface area contributed by atoms with E-state index in [4.69, 9.17) is 0 Å². The average Bonchev–Trinajstić information content (AvgIpc) is 3.20. The van der Waals surface area contributed by atoms with Crippen molar-refractivity contribution in [2.75, 3.05) is 0 Å². The van der Waals surface area contributed by atoms with Crippen molar-refractivity contribution in [3.8, 4) is 5.82 Å². The van der Waals surface area contributed by atoms with Gasteiger partial charge in [-0.15, -0.1) is 5.10 Å². The van der Waals surface area contributed by atoms with Crippen molar-refractivity contribution in [3.05, 3.63) is 52.6 Å². The number of nitrogens with zero attached hydrogens (tertiary/aromatic N) is 6.